The SMILES string of the molecule is CC(=NCCN(CCN=C(C)c1ccccc1O)CCN=C(C)c1ccccc1O)c1ccccc1O.[99Tc]. The number of hydrogen-bond donors (Lipinski definition) is 3. The second kappa shape index (κ2) is 15.8. The molecule has 0 heterocycles. The summed E-state index contributed by atoms with van der Waals surface area (Å²) in [4.78, 5) is 16.3. The fourth-order valence-corrected chi connectivity index (χ4v) is 4.01. The van der Waals surface area contributed by atoms with Gasteiger partial charge in [-0.3, -0.25) is 19.9 Å². The first-order valence-electron chi connectivity index (χ1n) is 12.5. The van der Waals surface area contributed by atoms with Crippen molar-refractivity contribution >= 4 is 17.1 Å². The van der Waals surface area contributed by atoms with Crippen molar-refractivity contribution in [3.8, 4) is 17.2 Å². The summed E-state index contributed by atoms with van der Waals surface area (Å²) in [5, 5.41) is 30.3. The molecular weight excluding hydrogens is 563 g/mol. The summed E-state index contributed by atoms with van der Waals surface area (Å²) < 4.78 is 0. The van der Waals surface area contributed by atoms with Crippen LogP contribution in [0.15, 0.2) is 87.8 Å². The predicted molar refractivity (Wildman–Crippen MR) is 152 cm³/mol. The third kappa shape index (κ3) is 9.21. The molecular formula is C30H36N4O3Tc. The topological polar surface area (TPSA) is 101 Å². The number of aromatic hydroxyl groups is 3. The van der Waals surface area contributed by atoms with Gasteiger partial charge in [-0.05, 0) is 57.2 Å². The van der Waals surface area contributed by atoms with E-state index in [0.717, 1.165) is 33.8 Å². The van der Waals surface area contributed by atoms with Gasteiger partial charge >= 0.3 is 0 Å². The van der Waals surface area contributed by atoms with Gasteiger partial charge in [0.1, 0.15) is 17.2 Å². The molecule has 201 valence electrons. The molecule has 7 nitrogen and oxygen atoms in total. The molecule has 0 unspecified atom stereocenters. The largest absolute Gasteiger partial charge is 0.507 e. The first-order valence-corrected chi connectivity index (χ1v) is 12.5. The van der Waals surface area contributed by atoms with Crippen LogP contribution < -0.4 is 0 Å². The number of benzene rings is 3. The first kappa shape index (κ1) is 30.9. The van der Waals surface area contributed by atoms with E-state index in [2.05, 4.69) is 19.9 Å². The van der Waals surface area contributed by atoms with Gasteiger partial charge in [0.25, 0.3) is 0 Å². The number of phenols is 3. The minimum atomic E-state index is 0. The molecule has 8 heteroatoms. The zero-order chi connectivity index (χ0) is 26.6. The van der Waals surface area contributed by atoms with Gasteiger partial charge in [-0.1, -0.05) is 36.4 Å². The Morgan fingerprint density at radius 2 is 0.789 bits per heavy atom. The Kier molecular flexibility index (Phi) is 12.9. The van der Waals surface area contributed by atoms with Gasteiger partial charge in [0.15, 0.2) is 0 Å². The maximum absolute atomic E-state index is 10.1. The average molecular weight is 600 g/mol. The number of aliphatic imine (C=N–C) groups is 3. The maximum atomic E-state index is 10.1. The van der Waals surface area contributed by atoms with E-state index in [4.69, 9.17) is 0 Å². The summed E-state index contributed by atoms with van der Waals surface area (Å²) >= 11 is 0. The third-order valence-corrected chi connectivity index (χ3v) is 6.18. The molecule has 0 aliphatic heterocycles. The van der Waals surface area contributed by atoms with E-state index in [0.29, 0.717) is 39.3 Å². The van der Waals surface area contributed by atoms with Gasteiger partial charge in [0.05, 0.1) is 19.6 Å². The normalized spacial score (nSPS) is 12.5. The molecule has 3 rings (SSSR count). The standard InChI is InChI=1S/C30H36N4O3.Tc/c1-22(25-10-4-7-13-28(25)35)31-16-19-34(20-17-32-23(2)26-11-5-8-14-29(26)36)21-18-33-24(3)27-12-6-9-15-30(27)37;/h4-15,35-37H,16-21H2,1-3H3;/i;1+1. The summed E-state index contributed by atoms with van der Waals surface area (Å²) in [5.74, 6) is 0.677. The maximum Gasteiger partial charge on any atom is 0.124 e. The van der Waals surface area contributed by atoms with E-state index in [9.17, 15) is 15.3 Å². The number of phenolic OH excluding ortho intramolecular Hbond substituents is 3. The zero-order valence-electron chi connectivity index (χ0n) is 22.2. The van der Waals surface area contributed by atoms with Crippen LogP contribution in [-0.4, -0.2) is 76.6 Å². The molecule has 1 radical (unpaired) electrons. The zero-order valence-corrected chi connectivity index (χ0v) is 24.0. The fraction of sp³-hybridized carbons (Fsp3) is 0.300. The number of para-hydroxylation sites is 3. The molecule has 3 N–H and O–H groups in total. The van der Waals surface area contributed by atoms with Crippen LogP contribution in [0.2, 0.25) is 0 Å². The van der Waals surface area contributed by atoms with Crippen LogP contribution in [-0.2, 0) is 20.1 Å². The molecule has 0 bridgehead atoms. The summed E-state index contributed by atoms with van der Waals surface area (Å²) in [6, 6.07) is 21.6. The Morgan fingerprint density at radius 3 is 1.05 bits per heavy atom. The van der Waals surface area contributed by atoms with Crippen LogP contribution in [0.1, 0.15) is 37.5 Å². The van der Waals surface area contributed by atoms with Crippen LogP contribution in [0.3, 0.4) is 0 Å². The first-order chi connectivity index (χ1) is 17.9. The third-order valence-electron chi connectivity index (χ3n) is 6.18. The van der Waals surface area contributed by atoms with Gasteiger partial charge in [0.2, 0.25) is 0 Å². The van der Waals surface area contributed by atoms with E-state index in [1.165, 1.54) is 0 Å². The summed E-state index contributed by atoms with van der Waals surface area (Å²) in [6.07, 6.45) is 0. The van der Waals surface area contributed by atoms with Gasteiger partial charge < -0.3 is 15.3 Å². The van der Waals surface area contributed by atoms with Crippen LogP contribution in [0.25, 0.3) is 0 Å². The van der Waals surface area contributed by atoms with Crippen LogP contribution in [0, 0.1) is 0 Å². The monoisotopic (exact) mass is 599 g/mol. The second-order valence-electron chi connectivity index (χ2n) is 8.79. The Bertz CT molecular complexity index is 1120. The summed E-state index contributed by atoms with van der Waals surface area (Å²) in [6.45, 7) is 9.56. The predicted octanol–water partition coefficient (Wildman–Crippen LogP) is 4.93. The van der Waals surface area contributed by atoms with E-state index < -0.39 is 0 Å². The molecule has 0 aromatic heterocycles. The minimum absolute atomic E-state index is 0. The molecule has 38 heavy (non-hydrogen) atoms. The molecule has 0 aliphatic rings. The van der Waals surface area contributed by atoms with Gasteiger partial charge in [-0.15, -0.1) is 0 Å². The Balaban J connectivity index is 0.00000507. The Hall–Kier alpha value is -3.32. The molecule has 0 spiro atoms. The van der Waals surface area contributed by atoms with E-state index in [1.54, 1.807) is 36.4 Å². The van der Waals surface area contributed by atoms with Crippen molar-refractivity contribution in [1.29, 1.82) is 0 Å². The molecule has 0 saturated carbocycles. The van der Waals surface area contributed by atoms with E-state index >= 15 is 0 Å². The molecule has 0 aliphatic carbocycles. The van der Waals surface area contributed by atoms with Gasteiger partial charge in [-0.2, -0.15) is 0 Å². The fourth-order valence-electron chi connectivity index (χ4n) is 4.01. The number of nitrogens with zero attached hydrogens (tertiary/aromatic N) is 4. The van der Waals surface area contributed by atoms with Crippen molar-refractivity contribution in [2.24, 2.45) is 15.0 Å². The van der Waals surface area contributed by atoms with Crippen LogP contribution in [0.5, 0.6) is 17.2 Å². The quantitative estimate of drug-likeness (QED) is 0.257. The van der Waals surface area contributed by atoms with E-state index in [-0.39, 0.29) is 37.4 Å². The van der Waals surface area contributed by atoms with Crippen molar-refractivity contribution in [3.05, 3.63) is 89.5 Å². The molecule has 0 atom stereocenters. The van der Waals surface area contributed by atoms with Crippen molar-refractivity contribution in [2.45, 2.75) is 20.8 Å². The van der Waals surface area contributed by atoms with E-state index in [1.807, 2.05) is 57.2 Å². The van der Waals surface area contributed by atoms with Crippen molar-refractivity contribution in [2.75, 3.05) is 39.3 Å². The molecule has 3 aromatic carbocycles. The van der Waals surface area contributed by atoms with Crippen LogP contribution >= 0.6 is 0 Å². The van der Waals surface area contributed by atoms with Gasteiger partial charge in [-0.25, -0.2) is 0 Å². The second-order valence-corrected chi connectivity index (χ2v) is 8.79. The Morgan fingerprint density at radius 1 is 0.526 bits per heavy atom. The summed E-state index contributed by atoms with van der Waals surface area (Å²) in [7, 11) is 0. The molecule has 0 saturated heterocycles. The molecule has 3 aromatic rings. The smallest absolute Gasteiger partial charge is 0.124 e. The van der Waals surface area contributed by atoms with Crippen molar-refractivity contribution < 1.29 is 35.4 Å². The number of hydrogen-bond acceptors (Lipinski definition) is 7. The van der Waals surface area contributed by atoms with Crippen LogP contribution in [0.4, 0.5) is 0 Å². The minimum Gasteiger partial charge on any atom is -0.507 e. The molecule has 0 amide bonds. The van der Waals surface area contributed by atoms with Crippen molar-refractivity contribution in [1.82, 2.24) is 4.90 Å². The average Bonchev–Trinajstić information content (AvgIpc) is 2.89. The van der Waals surface area contributed by atoms with Crippen molar-refractivity contribution in [3.63, 3.8) is 0 Å². The summed E-state index contributed by atoms with van der Waals surface area (Å²) in [5.41, 5.74) is 4.58. The van der Waals surface area contributed by atoms with Gasteiger partial charge in [0, 0.05) is 73.6 Å². The molecule has 0 fully saturated rings. The number of rotatable bonds is 12. The Labute approximate surface area is 238 Å².